The van der Waals surface area contributed by atoms with E-state index < -0.39 is 0 Å². The number of hydrogen-bond donors (Lipinski definition) is 1. The van der Waals surface area contributed by atoms with Crippen LogP contribution in [0, 0.1) is 5.92 Å². The van der Waals surface area contributed by atoms with Crippen LogP contribution in [0.3, 0.4) is 0 Å². The molecule has 0 radical (unpaired) electrons. The van der Waals surface area contributed by atoms with Crippen molar-refractivity contribution in [1.29, 1.82) is 0 Å². The third kappa shape index (κ3) is 1.61. The molecule has 1 fully saturated rings. The Morgan fingerprint density at radius 2 is 2.46 bits per heavy atom. The molecule has 3 nitrogen and oxygen atoms in total. The van der Waals surface area contributed by atoms with E-state index >= 15 is 0 Å². The normalized spacial score (nSPS) is 27.2. The fraction of sp³-hybridized carbons (Fsp3) is 0.700. The van der Waals surface area contributed by atoms with Gasteiger partial charge in [-0.3, -0.25) is 4.68 Å². The molecule has 0 aromatic carbocycles. The minimum Gasteiger partial charge on any atom is -0.319 e. The molecule has 3 heteroatoms. The Labute approximate surface area is 79.1 Å². The van der Waals surface area contributed by atoms with Gasteiger partial charge < -0.3 is 5.32 Å². The topological polar surface area (TPSA) is 29.9 Å². The van der Waals surface area contributed by atoms with Gasteiger partial charge in [-0.2, -0.15) is 5.10 Å². The van der Waals surface area contributed by atoms with E-state index in [0.29, 0.717) is 5.92 Å². The SMILES string of the molecule is CNCC1CCC1c1ccn(C)n1. The first-order valence-corrected chi connectivity index (χ1v) is 4.95. The Morgan fingerprint density at radius 1 is 1.62 bits per heavy atom. The van der Waals surface area contributed by atoms with E-state index in [0.717, 1.165) is 12.5 Å². The second kappa shape index (κ2) is 3.50. The molecular formula is C10H17N3. The zero-order valence-corrected chi connectivity index (χ0v) is 8.33. The molecule has 0 amide bonds. The maximum Gasteiger partial charge on any atom is 0.0658 e. The molecule has 2 rings (SSSR count). The highest BCUT2D eigenvalue weighted by Crippen LogP contribution is 2.41. The Morgan fingerprint density at radius 3 is 2.92 bits per heavy atom. The first-order chi connectivity index (χ1) is 6.31. The average Bonchev–Trinajstić information content (AvgIpc) is 2.45. The van der Waals surface area contributed by atoms with Crippen molar-refractivity contribution in [2.24, 2.45) is 13.0 Å². The predicted octanol–water partition coefficient (Wildman–Crippen LogP) is 1.13. The lowest BCUT2D eigenvalue weighted by Crippen LogP contribution is -2.32. The summed E-state index contributed by atoms with van der Waals surface area (Å²) in [6, 6.07) is 2.15. The molecule has 1 aliphatic rings. The van der Waals surface area contributed by atoms with Gasteiger partial charge in [-0.25, -0.2) is 0 Å². The van der Waals surface area contributed by atoms with Gasteiger partial charge in [-0.15, -0.1) is 0 Å². The lowest BCUT2D eigenvalue weighted by Gasteiger charge is -2.35. The van der Waals surface area contributed by atoms with Crippen LogP contribution in [-0.4, -0.2) is 23.4 Å². The van der Waals surface area contributed by atoms with E-state index in [-0.39, 0.29) is 0 Å². The van der Waals surface area contributed by atoms with Gasteiger partial charge in [-0.1, -0.05) is 0 Å². The maximum absolute atomic E-state index is 4.45. The number of hydrogen-bond acceptors (Lipinski definition) is 2. The number of nitrogens with one attached hydrogen (secondary N) is 1. The Hall–Kier alpha value is -0.830. The van der Waals surface area contributed by atoms with Crippen molar-refractivity contribution in [3.63, 3.8) is 0 Å². The van der Waals surface area contributed by atoms with E-state index in [1.807, 2.05) is 25.0 Å². The van der Waals surface area contributed by atoms with Gasteiger partial charge in [0.05, 0.1) is 5.69 Å². The summed E-state index contributed by atoms with van der Waals surface area (Å²) in [7, 11) is 4.00. The quantitative estimate of drug-likeness (QED) is 0.754. The summed E-state index contributed by atoms with van der Waals surface area (Å²) in [5.74, 6) is 1.51. The lowest BCUT2D eigenvalue weighted by molar-refractivity contribution is 0.245. The molecule has 1 saturated carbocycles. The zero-order chi connectivity index (χ0) is 9.26. The van der Waals surface area contributed by atoms with Crippen molar-refractivity contribution in [2.75, 3.05) is 13.6 Å². The van der Waals surface area contributed by atoms with Crippen LogP contribution in [0.25, 0.3) is 0 Å². The third-order valence-corrected chi connectivity index (χ3v) is 3.00. The molecule has 1 heterocycles. The Kier molecular flexibility index (Phi) is 2.36. The van der Waals surface area contributed by atoms with Crippen LogP contribution < -0.4 is 5.32 Å². The molecule has 1 aliphatic carbocycles. The molecule has 2 unspecified atom stereocenters. The summed E-state index contributed by atoms with van der Waals surface area (Å²) >= 11 is 0. The highest BCUT2D eigenvalue weighted by atomic mass is 15.2. The standard InChI is InChI=1S/C10H17N3/c1-11-7-8-3-4-9(8)10-5-6-13(2)12-10/h5-6,8-9,11H,3-4,7H2,1-2H3. The number of nitrogens with zero attached hydrogens (tertiary/aromatic N) is 2. The zero-order valence-electron chi connectivity index (χ0n) is 8.33. The van der Waals surface area contributed by atoms with Crippen LogP contribution in [0.5, 0.6) is 0 Å². The summed E-state index contributed by atoms with van der Waals surface area (Å²) in [5, 5.41) is 7.70. The Bertz CT molecular complexity index is 279. The van der Waals surface area contributed by atoms with E-state index in [4.69, 9.17) is 0 Å². The van der Waals surface area contributed by atoms with Gasteiger partial charge in [0.2, 0.25) is 0 Å². The van der Waals surface area contributed by atoms with Crippen LogP contribution in [0.1, 0.15) is 24.5 Å². The van der Waals surface area contributed by atoms with Crippen molar-refractivity contribution < 1.29 is 0 Å². The molecule has 0 saturated heterocycles. The Balaban J connectivity index is 2.01. The van der Waals surface area contributed by atoms with Crippen molar-refractivity contribution in [3.05, 3.63) is 18.0 Å². The van der Waals surface area contributed by atoms with Gasteiger partial charge in [0.15, 0.2) is 0 Å². The second-order valence-corrected chi connectivity index (χ2v) is 3.92. The monoisotopic (exact) mass is 179 g/mol. The molecule has 0 aliphatic heterocycles. The molecule has 0 spiro atoms. The molecule has 1 N–H and O–H groups in total. The smallest absolute Gasteiger partial charge is 0.0658 e. The molecule has 1 aromatic heterocycles. The van der Waals surface area contributed by atoms with Gasteiger partial charge >= 0.3 is 0 Å². The maximum atomic E-state index is 4.45. The molecular weight excluding hydrogens is 162 g/mol. The van der Waals surface area contributed by atoms with Crippen LogP contribution >= 0.6 is 0 Å². The largest absolute Gasteiger partial charge is 0.319 e. The minimum absolute atomic E-state index is 0.702. The summed E-state index contributed by atoms with van der Waals surface area (Å²) in [5.41, 5.74) is 1.27. The highest BCUT2D eigenvalue weighted by Gasteiger charge is 2.32. The molecule has 72 valence electrons. The van der Waals surface area contributed by atoms with Crippen molar-refractivity contribution in [3.8, 4) is 0 Å². The molecule has 2 atom stereocenters. The summed E-state index contributed by atoms with van der Waals surface area (Å²) in [6.07, 6.45) is 4.69. The van der Waals surface area contributed by atoms with E-state index in [1.165, 1.54) is 18.5 Å². The number of aryl methyl sites for hydroxylation is 1. The fourth-order valence-corrected chi connectivity index (χ4v) is 2.10. The first kappa shape index (κ1) is 8.75. The van der Waals surface area contributed by atoms with Gasteiger partial charge in [-0.05, 0) is 38.4 Å². The summed E-state index contributed by atoms with van der Waals surface area (Å²) < 4.78 is 1.89. The van der Waals surface area contributed by atoms with Crippen molar-refractivity contribution in [2.45, 2.75) is 18.8 Å². The van der Waals surface area contributed by atoms with Crippen LogP contribution in [0.4, 0.5) is 0 Å². The summed E-state index contributed by atoms with van der Waals surface area (Å²) in [6.45, 7) is 1.13. The van der Waals surface area contributed by atoms with Crippen molar-refractivity contribution >= 4 is 0 Å². The van der Waals surface area contributed by atoms with E-state index in [1.54, 1.807) is 0 Å². The predicted molar refractivity (Wildman–Crippen MR) is 52.6 cm³/mol. The van der Waals surface area contributed by atoms with Gasteiger partial charge in [0, 0.05) is 19.2 Å². The molecule has 13 heavy (non-hydrogen) atoms. The minimum atomic E-state index is 0.702. The van der Waals surface area contributed by atoms with Gasteiger partial charge in [0.1, 0.15) is 0 Å². The fourth-order valence-electron chi connectivity index (χ4n) is 2.10. The number of aromatic nitrogens is 2. The van der Waals surface area contributed by atoms with Crippen LogP contribution in [-0.2, 0) is 7.05 Å². The van der Waals surface area contributed by atoms with Gasteiger partial charge in [0.25, 0.3) is 0 Å². The molecule has 0 bridgehead atoms. The summed E-state index contributed by atoms with van der Waals surface area (Å²) in [4.78, 5) is 0. The molecule has 1 aromatic rings. The van der Waals surface area contributed by atoms with Crippen LogP contribution in [0.15, 0.2) is 12.3 Å². The third-order valence-electron chi connectivity index (χ3n) is 3.00. The number of rotatable bonds is 3. The van der Waals surface area contributed by atoms with Crippen LogP contribution in [0.2, 0.25) is 0 Å². The second-order valence-electron chi connectivity index (χ2n) is 3.92. The van der Waals surface area contributed by atoms with E-state index in [9.17, 15) is 0 Å². The van der Waals surface area contributed by atoms with Crippen molar-refractivity contribution in [1.82, 2.24) is 15.1 Å². The highest BCUT2D eigenvalue weighted by molar-refractivity contribution is 5.12. The average molecular weight is 179 g/mol. The lowest BCUT2D eigenvalue weighted by atomic mass is 9.72. The first-order valence-electron chi connectivity index (χ1n) is 4.95. The van der Waals surface area contributed by atoms with E-state index in [2.05, 4.69) is 16.5 Å².